The Morgan fingerprint density at radius 3 is 2.32 bits per heavy atom. The lowest BCUT2D eigenvalue weighted by molar-refractivity contribution is -0.117. The predicted molar refractivity (Wildman–Crippen MR) is 120 cm³/mol. The molecule has 3 rings (SSSR count). The van der Waals surface area contributed by atoms with Gasteiger partial charge in [0, 0.05) is 18.8 Å². The molecule has 1 aliphatic heterocycles. The first-order valence-electron chi connectivity index (χ1n) is 9.93. The summed E-state index contributed by atoms with van der Waals surface area (Å²) in [4.78, 5) is 14.5. The highest BCUT2D eigenvalue weighted by Gasteiger charge is 2.27. The first kappa shape index (κ1) is 23.5. The number of carbonyl (C=O) groups excluding carboxylic acids is 1. The molecular weight excluding hydrogens is 444 g/mol. The van der Waals surface area contributed by atoms with Crippen molar-refractivity contribution in [3.8, 4) is 0 Å². The summed E-state index contributed by atoms with van der Waals surface area (Å²) in [7, 11) is -3.94. The van der Waals surface area contributed by atoms with E-state index in [1.165, 1.54) is 23.9 Å². The zero-order valence-electron chi connectivity index (χ0n) is 17.1. The minimum atomic E-state index is -3.94. The molecule has 1 amide bonds. The van der Waals surface area contributed by atoms with Crippen LogP contribution in [0.25, 0.3) is 0 Å². The van der Waals surface area contributed by atoms with Crippen LogP contribution in [0.4, 0.5) is 20.2 Å². The van der Waals surface area contributed by atoms with Crippen LogP contribution < -0.4 is 14.9 Å². The van der Waals surface area contributed by atoms with E-state index in [2.05, 4.69) is 10.0 Å². The molecule has 6 nitrogen and oxygen atoms in total. The zero-order chi connectivity index (χ0) is 22.4. The molecule has 31 heavy (non-hydrogen) atoms. The van der Waals surface area contributed by atoms with Crippen LogP contribution in [-0.2, 0) is 14.8 Å². The highest BCUT2D eigenvalue weighted by molar-refractivity contribution is 7.98. The van der Waals surface area contributed by atoms with E-state index in [1.807, 2.05) is 6.26 Å². The van der Waals surface area contributed by atoms with Crippen molar-refractivity contribution in [2.24, 2.45) is 0 Å². The van der Waals surface area contributed by atoms with E-state index in [1.54, 1.807) is 23.1 Å². The molecule has 1 atom stereocenters. The number of rotatable bonds is 9. The second kappa shape index (κ2) is 10.4. The maximum absolute atomic E-state index is 14.6. The molecule has 168 valence electrons. The molecule has 0 saturated carbocycles. The zero-order valence-corrected chi connectivity index (χ0v) is 18.7. The predicted octanol–water partition coefficient (Wildman–Crippen LogP) is 3.60. The van der Waals surface area contributed by atoms with Gasteiger partial charge in [0.25, 0.3) is 0 Å². The highest BCUT2D eigenvalue weighted by atomic mass is 32.2. The lowest BCUT2D eigenvalue weighted by Crippen LogP contribution is -2.44. The molecule has 0 aromatic heterocycles. The lowest BCUT2D eigenvalue weighted by Gasteiger charge is -2.21. The number of sulfonamides is 1. The quantitative estimate of drug-likeness (QED) is 0.587. The minimum absolute atomic E-state index is 0.0315. The summed E-state index contributed by atoms with van der Waals surface area (Å²) < 4.78 is 56.8. The molecule has 1 fully saturated rings. The third-order valence-corrected chi connectivity index (χ3v) is 7.12. The number of nitrogens with one attached hydrogen (secondary N) is 2. The molecule has 2 aromatic rings. The van der Waals surface area contributed by atoms with Crippen molar-refractivity contribution in [2.45, 2.75) is 30.2 Å². The van der Waals surface area contributed by atoms with Crippen LogP contribution in [0.3, 0.4) is 0 Å². The Balaban J connectivity index is 1.77. The molecule has 2 N–H and O–H groups in total. The average molecular weight is 470 g/mol. The van der Waals surface area contributed by atoms with Crippen molar-refractivity contribution in [1.82, 2.24) is 4.72 Å². The minimum Gasteiger partial charge on any atom is -0.367 e. The smallest absolute Gasteiger partial charge is 0.242 e. The normalized spacial score (nSPS) is 15.1. The molecule has 1 aliphatic rings. The van der Waals surface area contributed by atoms with Gasteiger partial charge in [-0.2, -0.15) is 16.5 Å². The van der Waals surface area contributed by atoms with Gasteiger partial charge in [-0.3, -0.25) is 4.79 Å². The van der Waals surface area contributed by atoms with Crippen molar-refractivity contribution >= 4 is 39.1 Å². The molecular formula is C21H25F2N3O3S2. The van der Waals surface area contributed by atoms with Gasteiger partial charge in [0.2, 0.25) is 15.9 Å². The van der Waals surface area contributed by atoms with Gasteiger partial charge in [0.1, 0.15) is 11.7 Å². The number of thioether (sulfide) groups is 1. The van der Waals surface area contributed by atoms with Crippen molar-refractivity contribution in [3.63, 3.8) is 0 Å². The first-order valence-corrected chi connectivity index (χ1v) is 12.8. The Labute approximate surface area is 185 Å². The van der Waals surface area contributed by atoms with Crippen LogP contribution >= 0.6 is 11.8 Å². The Morgan fingerprint density at radius 1 is 1.13 bits per heavy atom. The van der Waals surface area contributed by atoms with Gasteiger partial charge in [-0.25, -0.2) is 17.2 Å². The number of hydrogen-bond donors (Lipinski definition) is 2. The van der Waals surface area contributed by atoms with Gasteiger partial charge >= 0.3 is 0 Å². The van der Waals surface area contributed by atoms with Crippen LogP contribution in [-0.4, -0.2) is 45.5 Å². The molecule has 0 radical (unpaired) electrons. The van der Waals surface area contributed by atoms with E-state index < -0.39 is 33.6 Å². The van der Waals surface area contributed by atoms with E-state index in [-0.39, 0.29) is 22.7 Å². The van der Waals surface area contributed by atoms with E-state index >= 15 is 0 Å². The van der Waals surface area contributed by atoms with Gasteiger partial charge < -0.3 is 10.2 Å². The molecule has 1 heterocycles. The molecule has 0 spiro atoms. The molecule has 10 heteroatoms. The second-order valence-electron chi connectivity index (χ2n) is 7.24. The third kappa shape index (κ3) is 5.96. The van der Waals surface area contributed by atoms with Crippen molar-refractivity contribution in [3.05, 3.63) is 54.1 Å². The van der Waals surface area contributed by atoms with Gasteiger partial charge in [-0.05, 0) is 55.5 Å². The van der Waals surface area contributed by atoms with E-state index in [9.17, 15) is 22.0 Å². The fourth-order valence-electron chi connectivity index (χ4n) is 3.44. The topological polar surface area (TPSA) is 78.5 Å². The Kier molecular flexibility index (Phi) is 7.90. The number of benzene rings is 2. The van der Waals surface area contributed by atoms with Gasteiger partial charge in [-0.1, -0.05) is 18.2 Å². The first-order chi connectivity index (χ1) is 14.8. The maximum Gasteiger partial charge on any atom is 0.242 e. The summed E-state index contributed by atoms with van der Waals surface area (Å²) in [6, 6.07) is 8.73. The maximum atomic E-state index is 14.6. The third-order valence-electron chi connectivity index (χ3n) is 4.98. The molecule has 0 bridgehead atoms. The summed E-state index contributed by atoms with van der Waals surface area (Å²) in [5.74, 6) is -1.68. The highest BCUT2D eigenvalue weighted by Crippen LogP contribution is 2.29. The monoisotopic (exact) mass is 469 g/mol. The number of carbonyl (C=O) groups is 1. The standard InChI is InChI=1S/C21H25F2N3O3S2/c1-30-12-9-19(25-31(28,29)16-7-3-2-4-8-16)21(27)24-15-13-17(22)20(18(23)14-15)26-10-5-6-11-26/h2-4,7-8,13-14,19,25H,5-6,9-12H2,1H3,(H,24,27). The molecule has 1 saturated heterocycles. The summed E-state index contributed by atoms with van der Waals surface area (Å²) in [6.07, 6.45) is 3.80. The largest absolute Gasteiger partial charge is 0.367 e. The summed E-state index contributed by atoms with van der Waals surface area (Å²) >= 11 is 1.46. The van der Waals surface area contributed by atoms with E-state index in [0.717, 1.165) is 25.0 Å². The van der Waals surface area contributed by atoms with Gasteiger partial charge in [0.15, 0.2) is 11.6 Å². The van der Waals surface area contributed by atoms with Crippen LogP contribution in [0.1, 0.15) is 19.3 Å². The van der Waals surface area contributed by atoms with Crippen LogP contribution in [0.2, 0.25) is 0 Å². The Bertz CT molecular complexity index is 991. The fourth-order valence-corrected chi connectivity index (χ4v) is 5.17. The van der Waals surface area contributed by atoms with Crippen LogP contribution in [0.15, 0.2) is 47.4 Å². The summed E-state index contributed by atoms with van der Waals surface area (Å²) in [5, 5.41) is 2.45. The number of halogens is 2. The molecule has 2 aromatic carbocycles. The van der Waals surface area contributed by atoms with Crippen molar-refractivity contribution < 1.29 is 22.0 Å². The number of anilines is 2. The Hall–Kier alpha value is -2.17. The summed E-state index contributed by atoms with van der Waals surface area (Å²) in [6.45, 7) is 1.16. The second-order valence-corrected chi connectivity index (χ2v) is 9.94. The SMILES string of the molecule is CSCCC(NS(=O)(=O)c1ccccc1)C(=O)Nc1cc(F)c(N2CCCC2)c(F)c1. The lowest BCUT2D eigenvalue weighted by atomic mass is 10.2. The van der Waals surface area contributed by atoms with Crippen molar-refractivity contribution in [1.29, 1.82) is 0 Å². The molecule has 1 unspecified atom stereocenters. The average Bonchev–Trinajstić information content (AvgIpc) is 3.25. The van der Waals surface area contributed by atoms with Crippen molar-refractivity contribution in [2.75, 3.05) is 35.3 Å². The fraction of sp³-hybridized carbons (Fsp3) is 0.381. The van der Waals surface area contributed by atoms with Crippen LogP contribution in [0.5, 0.6) is 0 Å². The summed E-state index contributed by atoms with van der Waals surface area (Å²) in [5.41, 5.74) is -0.157. The number of hydrogen-bond acceptors (Lipinski definition) is 5. The van der Waals surface area contributed by atoms with Crippen LogP contribution in [0, 0.1) is 11.6 Å². The molecule has 0 aliphatic carbocycles. The van der Waals surface area contributed by atoms with E-state index in [4.69, 9.17) is 0 Å². The van der Waals surface area contributed by atoms with Gasteiger partial charge in [0.05, 0.1) is 4.90 Å². The van der Waals surface area contributed by atoms with Gasteiger partial charge in [-0.15, -0.1) is 0 Å². The van der Waals surface area contributed by atoms with E-state index in [0.29, 0.717) is 18.8 Å². The Morgan fingerprint density at radius 2 is 1.74 bits per heavy atom. The number of nitrogens with zero attached hydrogens (tertiary/aromatic N) is 1. The number of amides is 1.